The van der Waals surface area contributed by atoms with Crippen LogP contribution in [0.2, 0.25) is 0 Å². The minimum atomic E-state index is 0.378. The normalized spacial score (nSPS) is 28.7. The van der Waals surface area contributed by atoms with Gasteiger partial charge in [0.15, 0.2) is 0 Å². The number of rotatable bonds is 2. The zero-order valence-corrected chi connectivity index (χ0v) is 12.8. The molecule has 5 nitrogen and oxygen atoms in total. The molecule has 1 aromatic rings. The van der Waals surface area contributed by atoms with Crippen LogP contribution in [-0.2, 0) is 11.2 Å². The van der Waals surface area contributed by atoms with Gasteiger partial charge in [0.25, 0.3) is 0 Å². The number of hydrogen-bond acceptors (Lipinski definition) is 3. The highest BCUT2D eigenvalue weighted by Gasteiger charge is 2.40. The Hall–Kier alpha value is -1.39. The standard InChI is InChI=1S/C16H24N4O/c1-11-17-18-15-7-6-13-9-19(10-14(13)20(11)15)16(21)8-12-4-2-3-5-12/h12-14H,2-10H2,1H3/t13-,14+/m1/s1. The summed E-state index contributed by atoms with van der Waals surface area (Å²) in [5.74, 6) is 3.74. The average Bonchev–Trinajstić information content (AvgIpc) is 3.17. The number of fused-ring (bicyclic) bond motifs is 3. The summed E-state index contributed by atoms with van der Waals surface area (Å²) >= 11 is 0. The van der Waals surface area contributed by atoms with Gasteiger partial charge in [-0.2, -0.15) is 0 Å². The summed E-state index contributed by atoms with van der Waals surface area (Å²) in [5.41, 5.74) is 0. The molecule has 1 saturated heterocycles. The summed E-state index contributed by atoms with van der Waals surface area (Å²) in [7, 11) is 0. The lowest BCUT2D eigenvalue weighted by Gasteiger charge is -2.26. The number of aromatic nitrogens is 3. The first kappa shape index (κ1) is 13.3. The van der Waals surface area contributed by atoms with Crippen LogP contribution in [0.3, 0.4) is 0 Å². The Morgan fingerprint density at radius 2 is 2.00 bits per heavy atom. The van der Waals surface area contributed by atoms with E-state index in [1.807, 2.05) is 6.92 Å². The monoisotopic (exact) mass is 288 g/mol. The second-order valence-corrected chi connectivity index (χ2v) is 7.05. The molecule has 4 rings (SSSR count). The molecule has 3 aliphatic rings. The maximum Gasteiger partial charge on any atom is 0.222 e. The molecule has 2 aliphatic heterocycles. The SMILES string of the molecule is Cc1nnc2n1[C@H]1CN(C(=O)CC3CCCC3)C[C@H]1CC2. The fourth-order valence-corrected chi connectivity index (χ4v) is 4.55. The molecule has 21 heavy (non-hydrogen) atoms. The van der Waals surface area contributed by atoms with Crippen LogP contribution >= 0.6 is 0 Å². The van der Waals surface area contributed by atoms with Gasteiger partial charge in [0, 0.05) is 25.9 Å². The summed E-state index contributed by atoms with van der Waals surface area (Å²) in [6, 6.07) is 0.413. The van der Waals surface area contributed by atoms with Crippen molar-refractivity contribution in [2.75, 3.05) is 13.1 Å². The quantitative estimate of drug-likeness (QED) is 0.837. The smallest absolute Gasteiger partial charge is 0.222 e. The van der Waals surface area contributed by atoms with Crippen molar-refractivity contribution >= 4 is 5.91 Å². The third kappa shape index (κ3) is 2.27. The van der Waals surface area contributed by atoms with E-state index in [1.165, 1.54) is 25.7 Å². The van der Waals surface area contributed by atoms with Crippen LogP contribution < -0.4 is 0 Å². The third-order valence-electron chi connectivity index (χ3n) is 5.70. The van der Waals surface area contributed by atoms with Crippen molar-refractivity contribution in [3.05, 3.63) is 11.6 Å². The van der Waals surface area contributed by atoms with Crippen molar-refractivity contribution in [2.45, 2.75) is 57.9 Å². The van der Waals surface area contributed by atoms with E-state index >= 15 is 0 Å². The molecule has 0 unspecified atom stereocenters. The zero-order chi connectivity index (χ0) is 14.4. The highest BCUT2D eigenvalue weighted by Crippen LogP contribution is 2.37. The van der Waals surface area contributed by atoms with Gasteiger partial charge in [0.1, 0.15) is 11.6 Å². The van der Waals surface area contributed by atoms with Crippen LogP contribution in [0.15, 0.2) is 0 Å². The molecule has 0 N–H and O–H groups in total. The van der Waals surface area contributed by atoms with Gasteiger partial charge in [-0.3, -0.25) is 4.79 Å². The number of aryl methyl sites for hydroxylation is 2. The van der Waals surface area contributed by atoms with Crippen molar-refractivity contribution in [2.24, 2.45) is 11.8 Å². The van der Waals surface area contributed by atoms with E-state index < -0.39 is 0 Å². The lowest BCUT2D eigenvalue weighted by atomic mass is 9.94. The highest BCUT2D eigenvalue weighted by atomic mass is 16.2. The number of carbonyl (C=O) groups excluding carboxylic acids is 1. The molecule has 1 aliphatic carbocycles. The molecule has 114 valence electrons. The molecule has 0 aromatic carbocycles. The van der Waals surface area contributed by atoms with Crippen molar-refractivity contribution in [1.29, 1.82) is 0 Å². The van der Waals surface area contributed by atoms with Gasteiger partial charge in [-0.15, -0.1) is 10.2 Å². The first-order valence-corrected chi connectivity index (χ1v) is 8.40. The van der Waals surface area contributed by atoms with Crippen LogP contribution in [0, 0.1) is 18.8 Å². The van der Waals surface area contributed by atoms with Gasteiger partial charge >= 0.3 is 0 Å². The zero-order valence-electron chi connectivity index (χ0n) is 12.8. The molecule has 3 heterocycles. The topological polar surface area (TPSA) is 51.0 Å². The average molecular weight is 288 g/mol. The molecule has 0 spiro atoms. The van der Waals surface area contributed by atoms with Gasteiger partial charge in [0.2, 0.25) is 5.91 Å². The predicted molar refractivity (Wildman–Crippen MR) is 78.8 cm³/mol. The van der Waals surface area contributed by atoms with E-state index in [4.69, 9.17) is 0 Å². The van der Waals surface area contributed by atoms with Gasteiger partial charge < -0.3 is 9.47 Å². The van der Waals surface area contributed by atoms with E-state index in [0.717, 1.165) is 44.0 Å². The van der Waals surface area contributed by atoms with Gasteiger partial charge in [0.05, 0.1) is 6.04 Å². The van der Waals surface area contributed by atoms with Crippen molar-refractivity contribution in [1.82, 2.24) is 19.7 Å². The molecular weight excluding hydrogens is 264 g/mol. The van der Waals surface area contributed by atoms with Crippen molar-refractivity contribution in [3.8, 4) is 0 Å². The number of carbonyl (C=O) groups is 1. The van der Waals surface area contributed by atoms with Gasteiger partial charge in [-0.25, -0.2) is 0 Å². The van der Waals surface area contributed by atoms with Crippen LogP contribution in [0.4, 0.5) is 0 Å². The van der Waals surface area contributed by atoms with Gasteiger partial charge in [-0.1, -0.05) is 12.8 Å². The molecule has 1 saturated carbocycles. The van der Waals surface area contributed by atoms with E-state index in [-0.39, 0.29) is 0 Å². The van der Waals surface area contributed by atoms with Gasteiger partial charge in [-0.05, 0) is 38.0 Å². The van der Waals surface area contributed by atoms with Crippen molar-refractivity contribution in [3.63, 3.8) is 0 Å². The molecule has 0 radical (unpaired) electrons. The predicted octanol–water partition coefficient (Wildman–Crippen LogP) is 2.11. The van der Waals surface area contributed by atoms with Crippen LogP contribution in [0.1, 0.15) is 56.2 Å². The van der Waals surface area contributed by atoms with Crippen LogP contribution in [0.5, 0.6) is 0 Å². The largest absolute Gasteiger partial charge is 0.340 e. The van der Waals surface area contributed by atoms with Crippen LogP contribution in [-0.4, -0.2) is 38.7 Å². The lowest BCUT2D eigenvalue weighted by molar-refractivity contribution is -0.131. The molecule has 2 atom stereocenters. The highest BCUT2D eigenvalue weighted by molar-refractivity contribution is 5.76. The second-order valence-electron chi connectivity index (χ2n) is 7.05. The number of likely N-dealkylation sites (tertiary alicyclic amines) is 1. The molecule has 1 amide bonds. The lowest BCUT2D eigenvalue weighted by Crippen LogP contribution is -2.30. The first-order valence-electron chi connectivity index (χ1n) is 8.40. The molecule has 5 heteroatoms. The number of amides is 1. The Bertz CT molecular complexity index is 546. The number of nitrogens with zero attached hydrogens (tertiary/aromatic N) is 4. The maximum atomic E-state index is 12.6. The Kier molecular flexibility index (Phi) is 3.23. The summed E-state index contributed by atoms with van der Waals surface area (Å²) in [5, 5.41) is 8.50. The fourth-order valence-electron chi connectivity index (χ4n) is 4.55. The Balaban J connectivity index is 1.47. The van der Waals surface area contributed by atoms with E-state index in [1.54, 1.807) is 0 Å². The van der Waals surface area contributed by atoms with E-state index in [0.29, 0.717) is 23.8 Å². The Labute approximate surface area is 125 Å². The second kappa shape index (κ2) is 5.11. The van der Waals surface area contributed by atoms with Crippen molar-refractivity contribution < 1.29 is 4.79 Å². The number of hydrogen-bond donors (Lipinski definition) is 0. The fraction of sp³-hybridized carbons (Fsp3) is 0.812. The third-order valence-corrected chi connectivity index (χ3v) is 5.70. The molecular formula is C16H24N4O. The van der Waals surface area contributed by atoms with Crippen LogP contribution in [0.25, 0.3) is 0 Å². The summed E-state index contributed by atoms with van der Waals surface area (Å²) in [6.45, 7) is 3.83. The summed E-state index contributed by atoms with van der Waals surface area (Å²) < 4.78 is 2.29. The Morgan fingerprint density at radius 1 is 1.19 bits per heavy atom. The summed E-state index contributed by atoms with van der Waals surface area (Å²) in [4.78, 5) is 14.7. The minimum absolute atomic E-state index is 0.378. The first-order chi connectivity index (χ1) is 10.2. The van der Waals surface area contributed by atoms with E-state index in [9.17, 15) is 4.79 Å². The van der Waals surface area contributed by atoms with E-state index in [2.05, 4.69) is 19.7 Å². The maximum absolute atomic E-state index is 12.6. The molecule has 2 fully saturated rings. The molecule has 0 bridgehead atoms. The minimum Gasteiger partial charge on any atom is -0.340 e. The Morgan fingerprint density at radius 3 is 2.81 bits per heavy atom. The molecule has 1 aromatic heterocycles. The summed E-state index contributed by atoms with van der Waals surface area (Å²) in [6.07, 6.45) is 8.05.